The number of likely N-dealkylation sites (tertiary alicyclic amines) is 1. The summed E-state index contributed by atoms with van der Waals surface area (Å²) >= 11 is 13.2. The van der Waals surface area contributed by atoms with Crippen LogP contribution in [-0.2, 0) is 4.79 Å². The maximum Gasteiger partial charge on any atom is 0.256 e. The van der Waals surface area contributed by atoms with Crippen LogP contribution in [0.4, 0.5) is 9.52 Å². The smallest absolute Gasteiger partial charge is 0.256 e. The second kappa shape index (κ2) is 8.67. The highest BCUT2D eigenvalue weighted by molar-refractivity contribution is 7.18. The van der Waals surface area contributed by atoms with Crippen LogP contribution in [0.25, 0.3) is 10.6 Å². The van der Waals surface area contributed by atoms with Crippen LogP contribution < -0.4 is 5.32 Å². The van der Waals surface area contributed by atoms with Gasteiger partial charge in [-0.1, -0.05) is 34.5 Å². The lowest BCUT2D eigenvalue weighted by atomic mass is 10.1. The molecule has 6 nitrogen and oxygen atoms in total. The number of benzene rings is 2. The average molecular weight is 465 g/mol. The molecule has 0 bridgehead atoms. The molecular weight excluding hydrogens is 450 g/mol. The summed E-state index contributed by atoms with van der Waals surface area (Å²) in [5.41, 5.74) is 1.000. The van der Waals surface area contributed by atoms with E-state index in [1.54, 1.807) is 24.3 Å². The fraction of sp³-hybridized carbons (Fsp3) is 0.200. The van der Waals surface area contributed by atoms with Crippen molar-refractivity contribution >= 4 is 51.5 Å². The van der Waals surface area contributed by atoms with E-state index in [-0.39, 0.29) is 22.7 Å². The van der Waals surface area contributed by atoms with E-state index in [0.29, 0.717) is 45.7 Å². The molecule has 3 aromatic rings. The summed E-state index contributed by atoms with van der Waals surface area (Å²) in [4.78, 5) is 27.3. The normalized spacial score (nSPS) is 16.0. The maximum atomic E-state index is 13.1. The van der Waals surface area contributed by atoms with E-state index in [2.05, 4.69) is 15.5 Å². The van der Waals surface area contributed by atoms with E-state index in [0.717, 1.165) is 0 Å². The molecule has 2 amide bonds. The molecule has 4 rings (SSSR count). The number of nitrogens with zero attached hydrogens (tertiary/aromatic N) is 3. The van der Waals surface area contributed by atoms with Crippen molar-refractivity contribution in [2.45, 2.75) is 18.9 Å². The minimum Gasteiger partial charge on any atom is -0.327 e. The van der Waals surface area contributed by atoms with Crippen LogP contribution in [-0.4, -0.2) is 39.5 Å². The minimum absolute atomic E-state index is 0.242. The highest BCUT2D eigenvalue weighted by Crippen LogP contribution is 2.29. The number of halogens is 3. The van der Waals surface area contributed by atoms with E-state index in [1.165, 1.54) is 34.4 Å². The van der Waals surface area contributed by atoms with Crippen molar-refractivity contribution in [3.05, 3.63) is 63.9 Å². The van der Waals surface area contributed by atoms with Gasteiger partial charge in [-0.25, -0.2) is 4.39 Å². The predicted octanol–water partition coefficient (Wildman–Crippen LogP) is 4.89. The van der Waals surface area contributed by atoms with Crippen LogP contribution in [0, 0.1) is 5.82 Å². The fourth-order valence-electron chi connectivity index (χ4n) is 3.27. The molecule has 1 aliphatic heterocycles. The molecular formula is C20H15Cl2FN4O2S. The first kappa shape index (κ1) is 20.7. The van der Waals surface area contributed by atoms with Gasteiger partial charge in [-0.3, -0.25) is 14.9 Å². The number of hydrogen-bond acceptors (Lipinski definition) is 5. The van der Waals surface area contributed by atoms with Crippen molar-refractivity contribution in [1.29, 1.82) is 0 Å². The number of hydrogen-bond donors (Lipinski definition) is 1. The van der Waals surface area contributed by atoms with Gasteiger partial charge in [0.1, 0.15) is 16.9 Å². The van der Waals surface area contributed by atoms with E-state index < -0.39 is 6.04 Å². The van der Waals surface area contributed by atoms with Gasteiger partial charge in [0.05, 0.1) is 10.6 Å². The third-order valence-electron chi connectivity index (χ3n) is 4.72. The third-order valence-corrected chi connectivity index (χ3v) is 6.16. The molecule has 1 N–H and O–H groups in total. The van der Waals surface area contributed by atoms with Gasteiger partial charge in [-0.15, -0.1) is 10.2 Å². The Morgan fingerprint density at radius 1 is 1.13 bits per heavy atom. The zero-order valence-corrected chi connectivity index (χ0v) is 17.8. The number of anilines is 1. The molecule has 10 heteroatoms. The lowest BCUT2D eigenvalue weighted by Gasteiger charge is -2.24. The van der Waals surface area contributed by atoms with E-state index in [9.17, 15) is 14.0 Å². The van der Waals surface area contributed by atoms with E-state index in [1.807, 2.05) is 0 Å². The molecule has 1 aliphatic rings. The number of rotatable bonds is 4. The molecule has 1 saturated heterocycles. The Kier molecular flexibility index (Phi) is 5.99. The molecule has 1 fully saturated rings. The quantitative estimate of drug-likeness (QED) is 0.595. The molecule has 1 atom stereocenters. The molecule has 154 valence electrons. The van der Waals surface area contributed by atoms with Crippen molar-refractivity contribution in [1.82, 2.24) is 15.1 Å². The number of carbonyl (C=O) groups excluding carboxylic acids is 2. The second-order valence-electron chi connectivity index (χ2n) is 6.69. The van der Waals surface area contributed by atoms with Crippen molar-refractivity contribution in [2.24, 2.45) is 0 Å². The van der Waals surface area contributed by atoms with E-state index in [4.69, 9.17) is 23.2 Å². The van der Waals surface area contributed by atoms with Gasteiger partial charge in [0.25, 0.3) is 5.91 Å². The summed E-state index contributed by atoms with van der Waals surface area (Å²) < 4.78 is 13.1. The maximum absolute atomic E-state index is 13.1. The van der Waals surface area contributed by atoms with Gasteiger partial charge < -0.3 is 4.90 Å². The van der Waals surface area contributed by atoms with E-state index >= 15 is 0 Å². The van der Waals surface area contributed by atoms with Crippen LogP contribution in [0.3, 0.4) is 0 Å². The summed E-state index contributed by atoms with van der Waals surface area (Å²) in [7, 11) is 0. The van der Waals surface area contributed by atoms with Crippen molar-refractivity contribution in [3.8, 4) is 10.6 Å². The largest absolute Gasteiger partial charge is 0.327 e. The van der Waals surface area contributed by atoms with Gasteiger partial charge in [0.15, 0.2) is 0 Å². The van der Waals surface area contributed by atoms with Gasteiger partial charge in [-0.2, -0.15) is 0 Å². The highest BCUT2D eigenvalue weighted by atomic mass is 35.5. The molecule has 0 radical (unpaired) electrons. The third kappa shape index (κ3) is 4.30. The Hall–Kier alpha value is -2.55. The molecule has 30 heavy (non-hydrogen) atoms. The number of nitrogens with one attached hydrogen (secondary N) is 1. The van der Waals surface area contributed by atoms with Crippen molar-refractivity contribution < 1.29 is 14.0 Å². The average Bonchev–Trinajstić information content (AvgIpc) is 3.38. The molecule has 0 aliphatic carbocycles. The Labute approximate surface area is 185 Å². The lowest BCUT2D eigenvalue weighted by molar-refractivity contribution is -0.119. The Morgan fingerprint density at radius 3 is 2.63 bits per heavy atom. The number of carbonyl (C=O) groups is 2. The minimum atomic E-state index is -0.637. The molecule has 1 unspecified atom stereocenters. The predicted molar refractivity (Wildman–Crippen MR) is 114 cm³/mol. The topological polar surface area (TPSA) is 75.2 Å². The SMILES string of the molecule is O=C(Nc1nnc(-c2ccc(F)cc2)s1)C1CCCN1C(=O)c1ccc(Cl)cc1Cl. The van der Waals surface area contributed by atoms with Gasteiger partial charge in [0.2, 0.25) is 11.0 Å². The van der Waals surface area contributed by atoms with Gasteiger partial charge in [0, 0.05) is 17.1 Å². The molecule has 2 aromatic carbocycles. The van der Waals surface area contributed by atoms with Crippen molar-refractivity contribution in [2.75, 3.05) is 11.9 Å². The molecule has 0 saturated carbocycles. The second-order valence-corrected chi connectivity index (χ2v) is 8.51. The highest BCUT2D eigenvalue weighted by Gasteiger charge is 2.35. The molecule has 0 spiro atoms. The monoisotopic (exact) mass is 464 g/mol. The lowest BCUT2D eigenvalue weighted by Crippen LogP contribution is -2.43. The van der Waals surface area contributed by atoms with Crippen LogP contribution in [0.2, 0.25) is 10.0 Å². The Morgan fingerprint density at radius 2 is 1.90 bits per heavy atom. The Balaban J connectivity index is 1.47. The fourth-order valence-corrected chi connectivity index (χ4v) is 4.51. The summed E-state index contributed by atoms with van der Waals surface area (Å²) in [6.07, 6.45) is 1.23. The summed E-state index contributed by atoms with van der Waals surface area (Å²) in [6, 6.07) is 9.85. The number of amides is 2. The first-order chi connectivity index (χ1) is 14.4. The van der Waals surface area contributed by atoms with Crippen LogP contribution in [0.1, 0.15) is 23.2 Å². The Bertz CT molecular complexity index is 1110. The first-order valence-electron chi connectivity index (χ1n) is 9.09. The summed E-state index contributed by atoms with van der Waals surface area (Å²) in [5.74, 6) is -1.00. The summed E-state index contributed by atoms with van der Waals surface area (Å²) in [6.45, 7) is 0.451. The number of aromatic nitrogens is 2. The standard InChI is InChI=1S/C20H15Cl2FN4O2S/c21-12-5-8-14(15(22)10-12)19(29)27-9-1-2-16(27)17(28)24-20-26-25-18(30-20)11-3-6-13(23)7-4-11/h3-8,10,16H,1-2,9H2,(H,24,26,28). The molecule has 2 heterocycles. The van der Waals surface area contributed by atoms with Gasteiger partial charge in [-0.05, 0) is 55.3 Å². The van der Waals surface area contributed by atoms with Gasteiger partial charge >= 0.3 is 0 Å². The van der Waals surface area contributed by atoms with Crippen LogP contribution >= 0.6 is 34.5 Å². The zero-order chi connectivity index (χ0) is 21.3. The molecule has 1 aromatic heterocycles. The zero-order valence-electron chi connectivity index (χ0n) is 15.4. The van der Waals surface area contributed by atoms with Crippen LogP contribution in [0.15, 0.2) is 42.5 Å². The summed E-state index contributed by atoms with van der Waals surface area (Å²) in [5, 5.41) is 12.3. The first-order valence-corrected chi connectivity index (χ1v) is 10.7. The van der Waals surface area contributed by atoms with Crippen LogP contribution in [0.5, 0.6) is 0 Å². The van der Waals surface area contributed by atoms with Crippen molar-refractivity contribution in [3.63, 3.8) is 0 Å².